The van der Waals surface area contributed by atoms with Crippen molar-refractivity contribution in [2.24, 2.45) is 0 Å². The van der Waals surface area contributed by atoms with Crippen LogP contribution in [-0.2, 0) is 16.0 Å². The van der Waals surface area contributed by atoms with Gasteiger partial charge in [-0.25, -0.2) is 4.79 Å². The number of rotatable bonds is 8. The van der Waals surface area contributed by atoms with Crippen molar-refractivity contribution in [3.05, 3.63) is 60.2 Å². The molecule has 0 unspecified atom stereocenters. The third-order valence-electron chi connectivity index (χ3n) is 4.22. The van der Waals surface area contributed by atoms with E-state index in [4.69, 9.17) is 0 Å². The van der Waals surface area contributed by atoms with Crippen LogP contribution in [-0.4, -0.2) is 30.4 Å². The minimum atomic E-state index is -0.217. The molecule has 2 aromatic carbocycles. The number of nitrogens with one attached hydrogen (secondary N) is 4. The van der Waals surface area contributed by atoms with E-state index in [1.807, 2.05) is 30.3 Å². The Morgan fingerprint density at radius 3 is 2.11 bits per heavy atom. The van der Waals surface area contributed by atoms with E-state index in [0.29, 0.717) is 23.8 Å². The first-order valence-corrected chi connectivity index (χ1v) is 9.36. The Morgan fingerprint density at radius 2 is 1.46 bits per heavy atom. The van der Waals surface area contributed by atoms with Crippen LogP contribution in [0.3, 0.4) is 0 Å². The topological polar surface area (TPSA) is 99.3 Å². The molecule has 0 heterocycles. The highest BCUT2D eigenvalue weighted by Crippen LogP contribution is 2.19. The Kier molecular flexibility index (Phi) is 6.62. The highest BCUT2D eigenvalue weighted by Gasteiger charge is 2.23. The molecule has 28 heavy (non-hydrogen) atoms. The monoisotopic (exact) mass is 380 g/mol. The molecule has 4 amide bonds. The molecule has 1 aliphatic rings. The van der Waals surface area contributed by atoms with E-state index in [0.717, 1.165) is 18.4 Å². The lowest BCUT2D eigenvalue weighted by atomic mass is 10.1. The number of urea groups is 1. The first-order valence-electron chi connectivity index (χ1n) is 9.36. The van der Waals surface area contributed by atoms with E-state index in [9.17, 15) is 14.4 Å². The maximum atomic E-state index is 12.0. The molecule has 7 heteroatoms. The van der Waals surface area contributed by atoms with Gasteiger partial charge in [0.25, 0.3) is 0 Å². The molecule has 1 saturated carbocycles. The summed E-state index contributed by atoms with van der Waals surface area (Å²) in [4.78, 5) is 35.6. The van der Waals surface area contributed by atoms with Crippen LogP contribution < -0.4 is 21.3 Å². The zero-order valence-electron chi connectivity index (χ0n) is 15.5. The SMILES string of the molecule is O=C(Cc1ccccc1)NCCC(=O)Nc1ccc(NC(=O)NC2CC2)cc1. The molecular formula is C21H24N4O3. The van der Waals surface area contributed by atoms with Crippen molar-refractivity contribution in [3.8, 4) is 0 Å². The van der Waals surface area contributed by atoms with Gasteiger partial charge in [0.1, 0.15) is 0 Å². The molecule has 0 spiro atoms. The van der Waals surface area contributed by atoms with Crippen LogP contribution in [0.1, 0.15) is 24.8 Å². The van der Waals surface area contributed by atoms with Crippen LogP contribution in [0.5, 0.6) is 0 Å². The van der Waals surface area contributed by atoms with Gasteiger partial charge in [0.15, 0.2) is 0 Å². The number of hydrogen-bond donors (Lipinski definition) is 4. The molecule has 0 bridgehead atoms. The summed E-state index contributed by atoms with van der Waals surface area (Å²) >= 11 is 0. The Hall–Kier alpha value is -3.35. The van der Waals surface area contributed by atoms with E-state index >= 15 is 0 Å². The average molecular weight is 380 g/mol. The standard InChI is InChI=1S/C21H24N4O3/c26-19(12-13-22-20(27)14-15-4-2-1-3-5-15)23-16-6-8-17(9-7-16)24-21(28)25-18-10-11-18/h1-9,18H,10-14H2,(H,22,27)(H,23,26)(H2,24,25,28). The van der Waals surface area contributed by atoms with Gasteiger partial charge in [-0.1, -0.05) is 30.3 Å². The molecule has 146 valence electrons. The second-order valence-electron chi connectivity index (χ2n) is 6.76. The molecule has 0 saturated heterocycles. The van der Waals surface area contributed by atoms with Gasteiger partial charge in [0.05, 0.1) is 6.42 Å². The fourth-order valence-electron chi connectivity index (χ4n) is 2.60. The third-order valence-corrected chi connectivity index (χ3v) is 4.22. The predicted molar refractivity (Wildman–Crippen MR) is 108 cm³/mol. The van der Waals surface area contributed by atoms with Crippen molar-refractivity contribution in [2.45, 2.75) is 31.7 Å². The molecule has 0 atom stereocenters. The number of amides is 4. The van der Waals surface area contributed by atoms with Gasteiger partial charge in [0.2, 0.25) is 11.8 Å². The van der Waals surface area contributed by atoms with Crippen LogP contribution in [0.15, 0.2) is 54.6 Å². The smallest absolute Gasteiger partial charge is 0.319 e. The van der Waals surface area contributed by atoms with Crippen molar-refractivity contribution in [1.29, 1.82) is 0 Å². The lowest BCUT2D eigenvalue weighted by Crippen LogP contribution is -2.30. The number of anilines is 2. The minimum absolute atomic E-state index is 0.112. The highest BCUT2D eigenvalue weighted by atomic mass is 16.2. The Morgan fingerprint density at radius 1 is 0.821 bits per heavy atom. The van der Waals surface area contributed by atoms with E-state index in [1.165, 1.54) is 0 Å². The van der Waals surface area contributed by atoms with Crippen molar-refractivity contribution in [3.63, 3.8) is 0 Å². The largest absolute Gasteiger partial charge is 0.355 e. The van der Waals surface area contributed by atoms with Crippen molar-refractivity contribution >= 4 is 29.2 Å². The zero-order valence-corrected chi connectivity index (χ0v) is 15.5. The molecule has 0 radical (unpaired) electrons. The quantitative estimate of drug-likeness (QED) is 0.566. The number of carbonyl (C=O) groups excluding carboxylic acids is 3. The van der Waals surface area contributed by atoms with E-state index < -0.39 is 0 Å². The molecule has 0 aromatic heterocycles. The van der Waals surface area contributed by atoms with E-state index in [2.05, 4.69) is 21.3 Å². The van der Waals surface area contributed by atoms with Crippen LogP contribution in [0, 0.1) is 0 Å². The van der Waals surface area contributed by atoms with E-state index in [1.54, 1.807) is 24.3 Å². The summed E-state index contributed by atoms with van der Waals surface area (Å²) < 4.78 is 0. The van der Waals surface area contributed by atoms with Gasteiger partial charge in [0, 0.05) is 30.4 Å². The third kappa shape index (κ3) is 6.75. The van der Waals surface area contributed by atoms with Gasteiger partial charge in [-0.05, 0) is 42.7 Å². The maximum Gasteiger partial charge on any atom is 0.319 e. The molecule has 0 aliphatic heterocycles. The van der Waals surface area contributed by atoms with Gasteiger partial charge < -0.3 is 21.3 Å². The van der Waals surface area contributed by atoms with Crippen LogP contribution in [0.25, 0.3) is 0 Å². The normalized spacial score (nSPS) is 12.7. The summed E-state index contributed by atoms with van der Waals surface area (Å²) in [5.74, 6) is -0.300. The summed E-state index contributed by atoms with van der Waals surface area (Å²) in [5, 5.41) is 11.1. The summed E-state index contributed by atoms with van der Waals surface area (Å²) in [5.41, 5.74) is 2.22. The number of carbonyl (C=O) groups is 3. The summed E-state index contributed by atoms with van der Waals surface area (Å²) in [6, 6.07) is 16.4. The fraction of sp³-hybridized carbons (Fsp3) is 0.286. The molecule has 1 fully saturated rings. The van der Waals surface area contributed by atoms with Gasteiger partial charge in [-0.15, -0.1) is 0 Å². The van der Waals surface area contributed by atoms with Gasteiger partial charge in [-0.2, -0.15) is 0 Å². The van der Waals surface area contributed by atoms with Crippen molar-refractivity contribution in [2.75, 3.05) is 17.2 Å². The molecule has 2 aromatic rings. The number of benzene rings is 2. The zero-order chi connectivity index (χ0) is 19.8. The Bertz CT molecular complexity index is 817. The summed E-state index contributed by atoms with van der Waals surface area (Å²) in [6.45, 7) is 0.276. The fourth-order valence-corrected chi connectivity index (χ4v) is 2.60. The molecule has 4 N–H and O–H groups in total. The first-order chi connectivity index (χ1) is 13.6. The summed E-state index contributed by atoms with van der Waals surface area (Å²) in [6.07, 6.45) is 2.55. The van der Waals surface area contributed by atoms with E-state index in [-0.39, 0.29) is 30.8 Å². The average Bonchev–Trinajstić information content (AvgIpc) is 3.48. The van der Waals surface area contributed by atoms with Crippen LogP contribution in [0.4, 0.5) is 16.2 Å². The minimum Gasteiger partial charge on any atom is -0.355 e. The van der Waals surface area contributed by atoms with Crippen LogP contribution >= 0.6 is 0 Å². The molecular weight excluding hydrogens is 356 g/mol. The maximum absolute atomic E-state index is 12.0. The second kappa shape index (κ2) is 9.55. The molecule has 7 nitrogen and oxygen atoms in total. The number of hydrogen-bond acceptors (Lipinski definition) is 3. The first kappa shape index (κ1) is 19.4. The van der Waals surface area contributed by atoms with Crippen molar-refractivity contribution in [1.82, 2.24) is 10.6 Å². The Balaban J connectivity index is 1.34. The molecule has 1 aliphatic carbocycles. The molecule has 3 rings (SSSR count). The Labute approximate surface area is 163 Å². The van der Waals surface area contributed by atoms with Gasteiger partial charge in [-0.3, -0.25) is 9.59 Å². The van der Waals surface area contributed by atoms with Crippen molar-refractivity contribution < 1.29 is 14.4 Å². The highest BCUT2D eigenvalue weighted by molar-refractivity contribution is 5.92. The van der Waals surface area contributed by atoms with Gasteiger partial charge >= 0.3 is 6.03 Å². The summed E-state index contributed by atoms with van der Waals surface area (Å²) in [7, 11) is 0. The lowest BCUT2D eigenvalue weighted by molar-refractivity contribution is -0.120. The second-order valence-corrected chi connectivity index (χ2v) is 6.76. The van der Waals surface area contributed by atoms with Crippen LogP contribution in [0.2, 0.25) is 0 Å². The lowest BCUT2D eigenvalue weighted by Gasteiger charge is -2.09. The predicted octanol–water partition coefficient (Wildman–Crippen LogP) is 2.66.